The van der Waals surface area contributed by atoms with Crippen LogP contribution in [0.1, 0.15) is 20.9 Å². The Morgan fingerprint density at radius 2 is 1.68 bits per heavy atom. The van der Waals surface area contributed by atoms with Crippen LogP contribution in [0.5, 0.6) is 0 Å². The van der Waals surface area contributed by atoms with E-state index >= 15 is 0 Å². The summed E-state index contributed by atoms with van der Waals surface area (Å²) in [7, 11) is 0. The van der Waals surface area contributed by atoms with Gasteiger partial charge in [0.25, 0.3) is 5.91 Å². The number of amides is 3. The number of urea groups is 1. The molecule has 0 bridgehead atoms. The molecule has 0 radical (unpaired) electrons. The third-order valence-electron chi connectivity index (χ3n) is 3.76. The average Bonchev–Trinajstić information content (AvgIpc) is 3.00. The third kappa shape index (κ3) is 4.85. The Labute approximate surface area is 169 Å². The molecular weight excluding hydrogens is 403 g/mol. The summed E-state index contributed by atoms with van der Waals surface area (Å²) in [6, 6.07) is 10.0. The van der Waals surface area contributed by atoms with Gasteiger partial charge in [0.2, 0.25) is 0 Å². The number of halogens is 2. The van der Waals surface area contributed by atoms with Crippen molar-refractivity contribution in [1.29, 1.82) is 0 Å². The fourth-order valence-electron chi connectivity index (χ4n) is 2.31. The van der Waals surface area contributed by atoms with Gasteiger partial charge in [-0.1, -0.05) is 29.0 Å². The van der Waals surface area contributed by atoms with Crippen LogP contribution in [-0.2, 0) is 0 Å². The van der Waals surface area contributed by atoms with Gasteiger partial charge in [-0.15, -0.1) is 0 Å². The Hall–Kier alpha value is -2.97. The average molecular weight is 419 g/mol. The summed E-state index contributed by atoms with van der Waals surface area (Å²) >= 11 is 7.12. The van der Waals surface area contributed by atoms with Crippen LogP contribution < -0.4 is 16.0 Å². The Morgan fingerprint density at radius 1 is 1.00 bits per heavy atom. The Kier molecular flexibility index (Phi) is 5.91. The molecule has 6 nitrogen and oxygen atoms in total. The van der Waals surface area contributed by atoms with Crippen LogP contribution in [-0.4, -0.2) is 16.9 Å². The van der Waals surface area contributed by atoms with Gasteiger partial charge < -0.3 is 10.6 Å². The van der Waals surface area contributed by atoms with Crippen LogP contribution in [0.4, 0.5) is 25.7 Å². The Balaban J connectivity index is 1.66. The van der Waals surface area contributed by atoms with Gasteiger partial charge in [-0.25, -0.2) is 14.2 Å². The molecule has 0 aliphatic rings. The predicted octanol–water partition coefficient (Wildman–Crippen LogP) is 5.45. The molecule has 0 unspecified atom stereocenters. The van der Waals surface area contributed by atoms with Gasteiger partial charge >= 0.3 is 6.03 Å². The molecule has 0 saturated carbocycles. The van der Waals surface area contributed by atoms with Gasteiger partial charge in [-0.05, 0) is 55.8 Å². The minimum absolute atomic E-state index is 0.268. The maximum Gasteiger partial charge on any atom is 0.325 e. The summed E-state index contributed by atoms with van der Waals surface area (Å²) in [6.07, 6.45) is 0. The number of aromatic nitrogens is 1. The molecule has 1 aromatic heterocycles. The van der Waals surface area contributed by atoms with E-state index in [0.717, 1.165) is 16.9 Å². The molecule has 3 aromatic rings. The number of hydrogen-bond acceptors (Lipinski definition) is 4. The van der Waals surface area contributed by atoms with Crippen molar-refractivity contribution in [2.45, 2.75) is 13.8 Å². The summed E-state index contributed by atoms with van der Waals surface area (Å²) in [5, 5.41) is 8.71. The molecule has 144 valence electrons. The SMILES string of the molecule is Cc1ccc(NC(=O)c2sc(NC(=O)Nc3ccc(F)cc3)nc2C)cc1Cl. The van der Waals surface area contributed by atoms with E-state index in [-0.39, 0.29) is 11.0 Å². The molecule has 28 heavy (non-hydrogen) atoms. The van der Waals surface area contributed by atoms with Gasteiger partial charge in [0, 0.05) is 16.4 Å². The first kappa shape index (κ1) is 19.8. The lowest BCUT2D eigenvalue weighted by atomic mass is 10.2. The summed E-state index contributed by atoms with van der Waals surface area (Å²) in [4.78, 5) is 29.1. The predicted molar refractivity (Wildman–Crippen MR) is 110 cm³/mol. The maximum absolute atomic E-state index is 12.9. The number of benzene rings is 2. The summed E-state index contributed by atoms with van der Waals surface area (Å²) in [5.74, 6) is -0.742. The van der Waals surface area contributed by atoms with Crippen molar-refractivity contribution in [3.8, 4) is 0 Å². The number of rotatable bonds is 4. The molecule has 3 N–H and O–H groups in total. The van der Waals surface area contributed by atoms with E-state index in [0.29, 0.717) is 27.0 Å². The van der Waals surface area contributed by atoms with Crippen molar-refractivity contribution < 1.29 is 14.0 Å². The van der Waals surface area contributed by atoms with Crippen molar-refractivity contribution in [3.05, 3.63) is 69.4 Å². The number of aryl methyl sites for hydroxylation is 2. The summed E-state index contributed by atoms with van der Waals surface area (Å²) in [5.41, 5.74) is 2.39. The van der Waals surface area contributed by atoms with Crippen molar-refractivity contribution in [2.75, 3.05) is 16.0 Å². The smallest absolute Gasteiger partial charge is 0.321 e. The van der Waals surface area contributed by atoms with Crippen LogP contribution in [0.25, 0.3) is 0 Å². The number of carbonyl (C=O) groups is 2. The lowest BCUT2D eigenvalue weighted by molar-refractivity contribution is 0.103. The second-order valence-electron chi connectivity index (χ2n) is 5.94. The molecule has 3 amide bonds. The molecule has 0 fully saturated rings. The fraction of sp³-hybridized carbons (Fsp3) is 0.105. The van der Waals surface area contributed by atoms with Crippen LogP contribution in [0.2, 0.25) is 5.02 Å². The van der Waals surface area contributed by atoms with Gasteiger partial charge in [0.15, 0.2) is 5.13 Å². The van der Waals surface area contributed by atoms with Crippen LogP contribution >= 0.6 is 22.9 Å². The molecule has 0 aliphatic heterocycles. The van der Waals surface area contributed by atoms with Gasteiger partial charge in [-0.2, -0.15) is 0 Å². The lowest BCUT2D eigenvalue weighted by Crippen LogP contribution is -2.19. The fourth-order valence-corrected chi connectivity index (χ4v) is 3.35. The van der Waals surface area contributed by atoms with Crippen LogP contribution in [0.15, 0.2) is 42.5 Å². The summed E-state index contributed by atoms with van der Waals surface area (Å²) in [6.45, 7) is 3.55. The first-order chi connectivity index (χ1) is 13.3. The highest BCUT2D eigenvalue weighted by molar-refractivity contribution is 7.17. The standard InChI is InChI=1S/C19H16ClFN4O2S/c1-10-3-6-14(9-15(10)20)23-17(26)16-11(2)22-19(28-16)25-18(27)24-13-7-4-12(21)5-8-13/h3-9H,1-2H3,(H,23,26)(H2,22,24,25,27). The van der Waals surface area contributed by atoms with E-state index in [1.165, 1.54) is 24.3 Å². The molecule has 0 atom stereocenters. The second-order valence-corrected chi connectivity index (χ2v) is 7.34. The largest absolute Gasteiger partial charge is 0.325 e. The molecule has 0 saturated heterocycles. The van der Waals surface area contributed by atoms with E-state index < -0.39 is 11.8 Å². The van der Waals surface area contributed by atoms with Gasteiger partial charge in [-0.3, -0.25) is 10.1 Å². The van der Waals surface area contributed by atoms with E-state index in [4.69, 9.17) is 11.6 Å². The number of carbonyl (C=O) groups excluding carboxylic acids is 2. The van der Waals surface area contributed by atoms with Crippen molar-refractivity contribution in [1.82, 2.24) is 4.98 Å². The van der Waals surface area contributed by atoms with Crippen molar-refractivity contribution in [2.24, 2.45) is 0 Å². The minimum atomic E-state index is -0.544. The zero-order chi connectivity index (χ0) is 20.3. The molecule has 1 heterocycles. The molecule has 2 aromatic carbocycles. The lowest BCUT2D eigenvalue weighted by Gasteiger charge is -2.06. The van der Waals surface area contributed by atoms with Crippen LogP contribution in [0, 0.1) is 19.7 Å². The first-order valence-electron chi connectivity index (χ1n) is 8.20. The maximum atomic E-state index is 12.9. The zero-order valence-electron chi connectivity index (χ0n) is 15.0. The Morgan fingerprint density at radius 3 is 2.36 bits per heavy atom. The topological polar surface area (TPSA) is 83.1 Å². The number of nitrogens with zero attached hydrogens (tertiary/aromatic N) is 1. The molecular formula is C19H16ClFN4O2S. The van der Waals surface area contributed by atoms with E-state index in [1.54, 1.807) is 19.1 Å². The highest BCUT2D eigenvalue weighted by Gasteiger charge is 2.17. The number of thiazole rings is 1. The zero-order valence-corrected chi connectivity index (χ0v) is 16.5. The minimum Gasteiger partial charge on any atom is -0.321 e. The van der Waals surface area contributed by atoms with E-state index in [1.807, 2.05) is 13.0 Å². The van der Waals surface area contributed by atoms with Crippen LogP contribution in [0.3, 0.4) is 0 Å². The first-order valence-corrected chi connectivity index (χ1v) is 9.40. The third-order valence-corrected chi connectivity index (χ3v) is 5.23. The molecule has 9 heteroatoms. The molecule has 0 spiro atoms. The molecule has 3 rings (SSSR count). The summed E-state index contributed by atoms with van der Waals surface area (Å²) < 4.78 is 12.9. The van der Waals surface area contributed by atoms with Gasteiger partial charge in [0.1, 0.15) is 10.7 Å². The quantitative estimate of drug-likeness (QED) is 0.526. The number of nitrogens with one attached hydrogen (secondary N) is 3. The Bertz CT molecular complexity index is 1040. The van der Waals surface area contributed by atoms with Gasteiger partial charge in [0.05, 0.1) is 5.69 Å². The number of hydrogen-bond donors (Lipinski definition) is 3. The van der Waals surface area contributed by atoms with E-state index in [9.17, 15) is 14.0 Å². The van der Waals surface area contributed by atoms with Crippen molar-refractivity contribution >= 4 is 51.4 Å². The second kappa shape index (κ2) is 8.37. The monoisotopic (exact) mass is 418 g/mol. The van der Waals surface area contributed by atoms with E-state index in [2.05, 4.69) is 20.9 Å². The van der Waals surface area contributed by atoms with Crippen molar-refractivity contribution in [3.63, 3.8) is 0 Å². The highest BCUT2D eigenvalue weighted by atomic mass is 35.5. The number of anilines is 3. The molecule has 0 aliphatic carbocycles. The highest BCUT2D eigenvalue weighted by Crippen LogP contribution is 2.25. The normalized spacial score (nSPS) is 10.4.